The van der Waals surface area contributed by atoms with Gasteiger partial charge in [-0.3, -0.25) is 4.79 Å². The Labute approximate surface area is 141 Å². The molecule has 0 saturated carbocycles. The highest BCUT2D eigenvalue weighted by Gasteiger charge is 2.14. The molecule has 1 aromatic heterocycles. The average Bonchev–Trinajstić information content (AvgIpc) is 2.48. The van der Waals surface area contributed by atoms with E-state index in [9.17, 15) is 13.6 Å². The van der Waals surface area contributed by atoms with Crippen LogP contribution >= 0.6 is 23.2 Å². The van der Waals surface area contributed by atoms with E-state index >= 15 is 0 Å². The van der Waals surface area contributed by atoms with Gasteiger partial charge >= 0.3 is 0 Å². The summed E-state index contributed by atoms with van der Waals surface area (Å²) in [4.78, 5) is 15.8. The van der Waals surface area contributed by atoms with Crippen molar-refractivity contribution in [3.63, 3.8) is 0 Å². The number of hydrogen-bond donors (Lipinski definition) is 2. The maximum absolute atomic E-state index is 13.6. The van der Waals surface area contributed by atoms with Crippen molar-refractivity contribution in [2.45, 2.75) is 13.0 Å². The highest BCUT2D eigenvalue weighted by molar-refractivity contribution is 6.36. The molecule has 8 heteroatoms. The van der Waals surface area contributed by atoms with Gasteiger partial charge in [-0.2, -0.15) is 0 Å². The van der Waals surface area contributed by atoms with Crippen molar-refractivity contribution in [2.75, 3.05) is 11.9 Å². The van der Waals surface area contributed by atoms with E-state index in [2.05, 4.69) is 15.6 Å². The Morgan fingerprint density at radius 2 is 2.04 bits per heavy atom. The molecule has 4 nitrogen and oxygen atoms in total. The molecule has 2 aromatic rings. The molecular formula is C15H13Cl2F2N3O. The quantitative estimate of drug-likeness (QED) is 0.849. The number of nitrogens with one attached hydrogen (secondary N) is 2. The Hall–Kier alpha value is -1.76. The SMILES string of the molecule is C[C@@H](NCC(=O)Nc1ncc(Cl)cc1Cl)c1ccc(F)cc1F. The smallest absolute Gasteiger partial charge is 0.239 e. The first-order valence-corrected chi connectivity index (χ1v) is 7.41. The number of amides is 1. The van der Waals surface area contributed by atoms with Crippen molar-refractivity contribution in [3.05, 3.63) is 57.7 Å². The Kier molecular flexibility index (Phi) is 5.87. The Morgan fingerprint density at radius 1 is 1.30 bits per heavy atom. The van der Waals surface area contributed by atoms with E-state index in [-0.39, 0.29) is 22.9 Å². The molecule has 23 heavy (non-hydrogen) atoms. The average molecular weight is 360 g/mol. The summed E-state index contributed by atoms with van der Waals surface area (Å²) in [5, 5.41) is 5.91. The first-order valence-electron chi connectivity index (χ1n) is 6.66. The van der Waals surface area contributed by atoms with Gasteiger partial charge in [0.1, 0.15) is 11.6 Å². The molecule has 0 saturated heterocycles. The molecule has 2 rings (SSSR count). The number of halogens is 4. The second-order valence-corrected chi connectivity index (χ2v) is 5.64. The maximum atomic E-state index is 13.6. The molecule has 0 bridgehead atoms. The number of rotatable bonds is 5. The predicted molar refractivity (Wildman–Crippen MR) is 85.7 cm³/mol. The zero-order valence-electron chi connectivity index (χ0n) is 12.0. The largest absolute Gasteiger partial charge is 0.308 e. The first-order chi connectivity index (χ1) is 10.9. The van der Waals surface area contributed by atoms with E-state index in [1.165, 1.54) is 18.3 Å². The van der Waals surface area contributed by atoms with Crippen molar-refractivity contribution < 1.29 is 13.6 Å². The van der Waals surface area contributed by atoms with Crippen LogP contribution in [0.4, 0.5) is 14.6 Å². The highest BCUT2D eigenvalue weighted by atomic mass is 35.5. The third-order valence-electron chi connectivity index (χ3n) is 3.06. The normalized spacial score (nSPS) is 12.0. The van der Waals surface area contributed by atoms with Gasteiger partial charge in [0, 0.05) is 23.9 Å². The summed E-state index contributed by atoms with van der Waals surface area (Å²) in [6.07, 6.45) is 1.35. The molecule has 0 spiro atoms. The summed E-state index contributed by atoms with van der Waals surface area (Å²) in [6.45, 7) is 1.57. The van der Waals surface area contributed by atoms with Gasteiger partial charge in [0.25, 0.3) is 0 Å². The van der Waals surface area contributed by atoms with Gasteiger partial charge in [0.2, 0.25) is 5.91 Å². The fourth-order valence-corrected chi connectivity index (χ4v) is 2.32. The van der Waals surface area contributed by atoms with Gasteiger partial charge in [0.05, 0.1) is 16.6 Å². The predicted octanol–water partition coefficient (Wildman–Crippen LogP) is 3.96. The summed E-state index contributed by atoms with van der Waals surface area (Å²) in [5.41, 5.74) is 0.266. The van der Waals surface area contributed by atoms with Crippen LogP contribution in [0.15, 0.2) is 30.5 Å². The Balaban J connectivity index is 1.93. The van der Waals surface area contributed by atoms with Crippen LogP contribution in [-0.2, 0) is 4.79 Å². The summed E-state index contributed by atoms with van der Waals surface area (Å²) in [5.74, 6) is -1.55. The minimum atomic E-state index is -0.673. The molecule has 0 radical (unpaired) electrons. The van der Waals surface area contributed by atoms with Crippen molar-refractivity contribution >= 4 is 34.9 Å². The lowest BCUT2D eigenvalue weighted by molar-refractivity contribution is -0.115. The molecule has 0 unspecified atom stereocenters. The monoisotopic (exact) mass is 359 g/mol. The second kappa shape index (κ2) is 7.68. The first kappa shape index (κ1) is 17.6. The van der Waals surface area contributed by atoms with Crippen LogP contribution in [0, 0.1) is 11.6 Å². The molecule has 122 valence electrons. The zero-order valence-corrected chi connectivity index (χ0v) is 13.6. The van der Waals surface area contributed by atoms with Crippen molar-refractivity contribution in [3.8, 4) is 0 Å². The number of aromatic nitrogens is 1. The molecule has 0 fully saturated rings. The maximum Gasteiger partial charge on any atom is 0.239 e. The molecule has 2 N–H and O–H groups in total. The molecular weight excluding hydrogens is 347 g/mol. The molecule has 1 heterocycles. The number of hydrogen-bond acceptors (Lipinski definition) is 3. The number of nitrogens with zero attached hydrogens (tertiary/aromatic N) is 1. The number of carbonyl (C=O) groups is 1. The van der Waals surface area contributed by atoms with E-state index in [0.29, 0.717) is 5.02 Å². The van der Waals surface area contributed by atoms with E-state index in [0.717, 1.165) is 12.1 Å². The molecule has 1 aromatic carbocycles. The second-order valence-electron chi connectivity index (χ2n) is 4.80. The van der Waals surface area contributed by atoms with Gasteiger partial charge in [-0.15, -0.1) is 0 Å². The van der Waals surface area contributed by atoms with Gasteiger partial charge in [-0.1, -0.05) is 29.3 Å². The fourth-order valence-electron chi connectivity index (χ4n) is 1.89. The van der Waals surface area contributed by atoms with Gasteiger partial charge in [-0.25, -0.2) is 13.8 Å². The fraction of sp³-hybridized carbons (Fsp3) is 0.200. The van der Waals surface area contributed by atoms with Crippen LogP contribution in [0.2, 0.25) is 10.0 Å². The molecule has 0 aliphatic heterocycles. The number of benzene rings is 1. The summed E-state index contributed by atoms with van der Waals surface area (Å²) in [6, 6.07) is 4.27. The minimum absolute atomic E-state index is 0.0986. The Bertz CT molecular complexity index is 728. The molecule has 1 atom stereocenters. The van der Waals surface area contributed by atoms with Crippen LogP contribution < -0.4 is 10.6 Å². The van der Waals surface area contributed by atoms with Gasteiger partial charge < -0.3 is 10.6 Å². The molecule has 1 amide bonds. The topological polar surface area (TPSA) is 54.0 Å². The lowest BCUT2D eigenvalue weighted by atomic mass is 10.1. The minimum Gasteiger partial charge on any atom is -0.308 e. The van der Waals surface area contributed by atoms with Crippen LogP contribution in [0.5, 0.6) is 0 Å². The van der Waals surface area contributed by atoms with E-state index < -0.39 is 23.6 Å². The molecule has 0 aliphatic rings. The highest BCUT2D eigenvalue weighted by Crippen LogP contribution is 2.22. The zero-order chi connectivity index (χ0) is 17.0. The molecule has 0 aliphatic carbocycles. The van der Waals surface area contributed by atoms with Crippen LogP contribution in [0.1, 0.15) is 18.5 Å². The van der Waals surface area contributed by atoms with Crippen molar-refractivity contribution in [2.24, 2.45) is 0 Å². The lowest BCUT2D eigenvalue weighted by Gasteiger charge is -2.15. The number of pyridine rings is 1. The lowest BCUT2D eigenvalue weighted by Crippen LogP contribution is -2.30. The summed E-state index contributed by atoms with van der Waals surface area (Å²) >= 11 is 11.6. The standard InChI is InChI=1S/C15H13Cl2F2N3O/c1-8(11-3-2-10(18)5-13(11)19)20-7-14(23)22-15-12(17)4-9(16)6-21-15/h2-6,8,20H,7H2,1H3,(H,21,22,23)/t8-/m1/s1. The van der Waals surface area contributed by atoms with Crippen LogP contribution in [-0.4, -0.2) is 17.4 Å². The summed E-state index contributed by atoms with van der Waals surface area (Å²) < 4.78 is 26.5. The summed E-state index contributed by atoms with van der Waals surface area (Å²) in [7, 11) is 0. The van der Waals surface area contributed by atoms with Crippen LogP contribution in [0.25, 0.3) is 0 Å². The van der Waals surface area contributed by atoms with Gasteiger partial charge in [-0.05, 0) is 19.1 Å². The third kappa shape index (κ3) is 4.86. The van der Waals surface area contributed by atoms with E-state index in [4.69, 9.17) is 23.2 Å². The number of anilines is 1. The number of carbonyl (C=O) groups excluding carboxylic acids is 1. The van der Waals surface area contributed by atoms with Crippen molar-refractivity contribution in [1.29, 1.82) is 0 Å². The van der Waals surface area contributed by atoms with Crippen molar-refractivity contribution in [1.82, 2.24) is 10.3 Å². The van der Waals surface area contributed by atoms with E-state index in [1.807, 2.05) is 0 Å². The van der Waals surface area contributed by atoms with Crippen LogP contribution in [0.3, 0.4) is 0 Å². The Morgan fingerprint density at radius 3 is 2.70 bits per heavy atom. The van der Waals surface area contributed by atoms with Gasteiger partial charge in [0.15, 0.2) is 5.82 Å². The van der Waals surface area contributed by atoms with E-state index in [1.54, 1.807) is 6.92 Å². The third-order valence-corrected chi connectivity index (χ3v) is 3.56.